The molecule has 1 heterocycles. The highest BCUT2D eigenvalue weighted by molar-refractivity contribution is 5.94. The fourth-order valence-corrected chi connectivity index (χ4v) is 4.67. The lowest BCUT2D eigenvalue weighted by molar-refractivity contribution is 0.0730. The summed E-state index contributed by atoms with van der Waals surface area (Å²) in [5.74, 6) is 0.146. The average Bonchev–Trinajstić information content (AvgIpc) is 3.00. The third-order valence-corrected chi connectivity index (χ3v) is 6.67. The zero-order valence-corrected chi connectivity index (χ0v) is 22.9. The van der Waals surface area contributed by atoms with Crippen molar-refractivity contribution < 1.29 is 32.9 Å². The van der Waals surface area contributed by atoms with Gasteiger partial charge in [0.1, 0.15) is 46.9 Å². The van der Waals surface area contributed by atoms with Crippen LogP contribution in [0.25, 0.3) is 0 Å². The van der Waals surface area contributed by atoms with Gasteiger partial charge in [0.05, 0.1) is 19.6 Å². The molecule has 1 aliphatic rings. The van der Waals surface area contributed by atoms with Crippen LogP contribution < -0.4 is 29.4 Å². The maximum absolute atomic E-state index is 14.1. The first kappa shape index (κ1) is 28.1. The molecule has 0 fully saturated rings. The Morgan fingerprint density at radius 2 is 1.76 bits per heavy atom. The van der Waals surface area contributed by atoms with Crippen LogP contribution >= 0.6 is 0 Å². The molecule has 0 radical (unpaired) electrons. The van der Waals surface area contributed by atoms with Gasteiger partial charge in [-0.25, -0.2) is 9.18 Å². The first-order valence-corrected chi connectivity index (χ1v) is 13.1. The number of fused-ring (bicyclic) bond motifs is 1. The molecule has 0 spiro atoms. The Bertz CT molecular complexity index is 1710. The predicted octanol–water partition coefficient (Wildman–Crippen LogP) is 6.25. The van der Waals surface area contributed by atoms with Crippen LogP contribution in [0, 0.1) is 17.1 Å². The van der Waals surface area contributed by atoms with Crippen LogP contribution in [0.15, 0.2) is 96.4 Å². The van der Waals surface area contributed by atoms with Crippen molar-refractivity contribution in [3.05, 3.63) is 124 Å². The van der Waals surface area contributed by atoms with Gasteiger partial charge in [-0.15, -0.1) is 0 Å². The number of carbonyl (C=O) groups excluding carboxylic acids is 1. The molecule has 212 valence electrons. The Hall–Kier alpha value is -5.49. The van der Waals surface area contributed by atoms with E-state index in [1.54, 1.807) is 78.9 Å². The smallest absolute Gasteiger partial charge is 0.347 e. The molecule has 5 rings (SSSR count). The van der Waals surface area contributed by atoms with Crippen molar-refractivity contribution in [1.82, 2.24) is 0 Å². The van der Waals surface area contributed by atoms with E-state index in [9.17, 15) is 14.4 Å². The fraction of sp³-hybridized carbons (Fsp3) is 0.152. The number of rotatable bonds is 9. The van der Waals surface area contributed by atoms with Crippen LogP contribution in [-0.2, 0) is 6.61 Å². The van der Waals surface area contributed by atoms with Crippen LogP contribution in [0.4, 0.5) is 4.39 Å². The molecule has 9 heteroatoms. The molecule has 1 aliphatic heterocycles. The van der Waals surface area contributed by atoms with Crippen LogP contribution in [0.1, 0.15) is 39.9 Å². The number of hydrogen-bond donors (Lipinski definition) is 1. The van der Waals surface area contributed by atoms with E-state index >= 15 is 0 Å². The predicted molar refractivity (Wildman–Crippen MR) is 152 cm³/mol. The van der Waals surface area contributed by atoms with E-state index in [4.69, 9.17) is 29.4 Å². The van der Waals surface area contributed by atoms with Crippen molar-refractivity contribution in [1.29, 1.82) is 5.26 Å². The summed E-state index contributed by atoms with van der Waals surface area (Å²) in [4.78, 5) is 12.9. The Balaban J connectivity index is 1.43. The van der Waals surface area contributed by atoms with Gasteiger partial charge in [0.25, 0.3) is 0 Å². The highest BCUT2D eigenvalue weighted by Crippen LogP contribution is 2.45. The lowest BCUT2D eigenvalue weighted by Gasteiger charge is -2.27. The molecule has 8 nitrogen and oxygen atoms in total. The van der Waals surface area contributed by atoms with Crippen molar-refractivity contribution in [2.45, 2.75) is 19.4 Å². The molecule has 0 amide bonds. The normalized spacial score (nSPS) is 13.8. The summed E-state index contributed by atoms with van der Waals surface area (Å²) in [6.45, 7) is 2.23. The van der Waals surface area contributed by atoms with Gasteiger partial charge in [0, 0.05) is 17.2 Å². The van der Waals surface area contributed by atoms with E-state index in [-0.39, 0.29) is 35.2 Å². The number of esters is 1. The van der Waals surface area contributed by atoms with E-state index in [2.05, 4.69) is 6.07 Å². The van der Waals surface area contributed by atoms with E-state index < -0.39 is 11.9 Å². The van der Waals surface area contributed by atoms with Crippen molar-refractivity contribution in [2.75, 3.05) is 13.7 Å². The summed E-state index contributed by atoms with van der Waals surface area (Å²) in [6.07, 6.45) is 0. The zero-order chi connectivity index (χ0) is 29.6. The molecule has 0 saturated carbocycles. The molecule has 0 bridgehead atoms. The van der Waals surface area contributed by atoms with Gasteiger partial charge in [-0.05, 0) is 48.9 Å². The monoisotopic (exact) mass is 566 g/mol. The SMILES string of the molecule is CCOc1ccccc1C(=O)Oc1ccc2c(c1)OC(N)=C(C#N)C2c1ccc(OCc2ccccc2F)c(OC)c1. The standard InChI is InChI=1S/C33H27FN2O6/c1-3-39-27-11-7-5-9-24(27)33(37)41-22-13-14-23-29(17-22)42-32(36)25(18-35)31(23)20-12-15-28(30(16-20)38-2)40-19-21-8-4-6-10-26(21)34/h4-17,31H,3,19,36H2,1-2H3. The molecule has 4 aromatic carbocycles. The van der Waals surface area contributed by atoms with Crippen LogP contribution in [0.5, 0.6) is 28.7 Å². The van der Waals surface area contributed by atoms with E-state index in [1.165, 1.54) is 13.2 Å². The summed E-state index contributed by atoms with van der Waals surface area (Å²) >= 11 is 0. The van der Waals surface area contributed by atoms with Crippen molar-refractivity contribution in [3.63, 3.8) is 0 Å². The summed E-state index contributed by atoms with van der Waals surface area (Å²) < 4.78 is 42.4. The van der Waals surface area contributed by atoms with Gasteiger partial charge < -0.3 is 29.4 Å². The second kappa shape index (κ2) is 12.4. The number of nitrogens with zero attached hydrogens (tertiary/aromatic N) is 1. The minimum absolute atomic E-state index is 0.00925. The number of nitriles is 1. The lowest BCUT2D eigenvalue weighted by Crippen LogP contribution is -2.21. The molecule has 1 atom stereocenters. The van der Waals surface area contributed by atoms with Crippen molar-refractivity contribution in [2.24, 2.45) is 5.73 Å². The number of para-hydroxylation sites is 1. The van der Waals surface area contributed by atoms with E-state index in [1.807, 2.05) is 6.92 Å². The number of carbonyl (C=O) groups is 1. The molecule has 1 unspecified atom stereocenters. The molecule has 0 aliphatic carbocycles. The molecule has 0 saturated heterocycles. The highest BCUT2D eigenvalue weighted by atomic mass is 19.1. The maximum atomic E-state index is 14.1. The number of methoxy groups -OCH3 is 1. The Morgan fingerprint density at radius 1 is 0.976 bits per heavy atom. The van der Waals surface area contributed by atoms with Crippen molar-refractivity contribution >= 4 is 5.97 Å². The third-order valence-electron chi connectivity index (χ3n) is 6.67. The Kier molecular flexibility index (Phi) is 8.25. The fourth-order valence-electron chi connectivity index (χ4n) is 4.67. The van der Waals surface area contributed by atoms with Gasteiger partial charge in [0.2, 0.25) is 5.88 Å². The lowest BCUT2D eigenvalue weighted by atomic mass is 9.83. The second-order valence-corrected chi connectivity index (χ2v) is 9.23. The number of benzene rings is 4. The highest BCUT2D eigenvalue weighted by Gasteiger charge is 2.32. The van der Waals surface area contributed by atoms with Gasteiger partial charge in [-0.2, -0.15) is 5.26 Å². The molecular weight excluding hydrogens is 539 g/mol. The van der Waals surface area contributed by atoms with Gasteiger partial charge in [-0.3, -0.25) is 0 Å². The largest absolute Gasteiger partial charge is 0.493 e. The van der Waals surface area contributed by atoms with Crippen LogP contribution in [0.2, 0.25) is 0 Å². The third kappa shape index (κ3) is 5.69. The van der Waals surface area contributed by atoms with Crippen molar-refractivity contribution in [3.8, 4) is 34.8 Å². The second-order valence-electron chi connectivity index (χ2n) is 9.23. The number of hydrogen-bond acceptors (Lipinski definition) is 8. The van der Waals surface area contributed by atoms with Gasteiger partial charge in [-0.1, -0.05) is 42.5 Å². The number of ether oxygens (including phenoxy) is 5. The quantitative estimate of drug-likeness (QED) is 0.187. The first-order chi connectivity index (χ1) is 20.4. The minimum atomic E-state index is -0.600. The molecular formula is C33H27FN2O6. The van der Waals surface area contributed by atoms with Gasteiger partial charge in [0.15, 0.2) is 11.5 Å². The van der Waals surface area contributed by atoms with E-state index in [0.717, 1.165) is 0 Å². The first-order valence-electron chi connectivity index (χ1n) is 13.1. The van der Waals surface area contributed by atoms with Crippen LogP contribution in [0.3, 0.4) is 0 Å². The topological polar surface area (TPSA) is 113 Å². The Morgan fingerprint density at radius 3 is 2.52 bits per heavy atom. The zero-order valence-electron chi connectivity index (χ0n) is 22.9. The van der Waals surface area contributed by atoms with Gasteiger partial charge >= 0.3 is 5.97 Å². The average molecular weight is 567 g/mol. The molecule has 4 aromatic rings. The molecule has 42 heavy (non-hydrogen) atoms. The molecule has 2 N–H and O–H groups in total. The van der Waals surface area contributed by atoms with Crippen LogP contribution in [-0.4, -0.2) is 19.7 Å². The summed E-state index contributed by atoms with van der Waals surface area (Å²) in [5.41, 5.74) is 8.39. The number of allylic oxidation sites excluding steroid dienone is 1. The minimum Gasteiger partial charge on any atom is -0.493 e. The number of halogens is 1. The Labute approximate surface area is 242 Å². The maximum Gasteiger partial charge on any atom is 0.347 e. The summed E-state index contributed by atoms with van der Waals surface area (Å²) in [5, 5.41) is 9.96. The summed E-state index contributed by atoms with van der Waals surface area (Å²) in [6, 6.07) is 25.4. The number of nitrogens with two attached hydrogens (primary N) is 1. The van der Waals surface area contributed by atoms with E-state index in [0.29, 0.717) is 46.3 Å². The summed E-state index contributed by atoms with van der Waals surface area (Å²) in [7, 11) is 1.49. The molecule has 0 aromatic heterocycles.